The number of benzene rings is 2. The molecule has 1 saturated heterocycles. The maximum Gasteiger partial charge on any atom is 0.255 e. The molecule has 1 aliphatic rings. The molecule has 2 heterocycles. The number of hydrogen-bond donors (Lipinski definition) is 1. The van der Waals surface area contributed by atoms with E-state index in [1.165, 1.54) is 10.4 Å². The Morgan fingerprint density at radius 1 is 1.10 bits per heavy atom. The predicted octanol–water partition coefficient (Wildman–Crippen LogP) is 3.11. The van der Waals surface area contributed by atoms with Crippen LogP contribution < -0.4 is 5.32 Å². The fourth-order valence-electron chi connectivity index (χ4n) is 3.44. The zero-order valence-electron chi connectivity index (χ0n) is 16.2. The van der Waals surface area contributed by atoms with Crippen LogP contribution in [0.1, 0.15) is 28.8 Å². The number of nitrogens with zero attached hydrogens (tertiary/aromatic N) is 3. The van der Waals surface area contributed by atoms with Crippen LogP contribution in [0.4, 0.5) is 10.1 Å². The fraction of sp³-hybridized carbons (Fsp3) is 0.238. The van der Waals surface area contributed by atoms with Gasteiger partial charge in [0.15, 0.2) is 0 Å². The van der Waals surface area contributed by atoms with E-state index in [0.717, 1.165) is 30.5 Å². The van der Waals surface area contributed by atoms with Gasteiger partial charge in [-0.25, -0.2) is 12.8 Å². The van der Waals surface area contributed by atoms with E-state index in [4.69, 9.17) is 0 Å². The highest BCUT2D eigenvalue weighted by molar-refractivity contribution is 7.89. The summed E-state index contributed by atoms with van der Waals surface area (Å²) in [4.78, 5) is 12.2. The van der Waals surface area contributed by atoms with E-state index in [9.17, 15) is 17.6 Å². The van der Waals surface area contributed by atoms with Gasteiger partial charge >= 0.3 is 0 Å². The molecule has 0 unspecified atom stereocenters. The smallest absolute Gasteiger partial charge is 0.255 e. The Bertz CT molecular complexity index is 1160. The summed E-state index contributed by atoms with van der Waals surface area (Å²) in [7, 11) is -3.97. The molecule has 0 saturated carbocycles. The number of nitrogens with one attached hydrogen (secondary N) is 1. The van der Waals surface area contributed by atoms with E-state index < -0.39 is 26.6 Å². The van der Waals surface area contributed by atoms with E-state index in [-0.39, 0.29) is 5.56 Å². The molecule has 0 aliphatic carbocycles. The summed E-state index contributed by atoms with van der Waals surface area (Å²) in [6.45, 7) is 1.27. The molecule has 1 aromatic heterocycles. The van der Waals surface area contributed by atoms with Crippen molar-refractivity contribution in [3.05, 3.63) is 77.9 Å². The standard InChI is InChI=1S/C21H21FN4O3S/c22-19-8-7-17(14-20(19)30(28,29)26-11-1-2-12-26)21(27)24-18-6-3-5-16(13-18)15-25-10-4-9-23-25/h3-10,13-14H,1-2,11-12,15H2,(H,24,27). The normalized spacial score (nSPS) is 14.7. The van der Waals surface area contributed by atoms with Crippen molar-refractivity contribution in [3.63, 3.8) is 0 Å². The number of sulfonamides is 1. The van der Waals surface area contributed by atoms with E-state index >= 15 is 0 Å². The molecule has 30 heavy (non-hydrogen) atoms. The van der Waals surface area contributed by atoms with Crippen molar-refractivity contribution in [1.29, 1.82) is 0 Å². The number of amides is 1. The lowest BCUT2D eigenvalue weighted by Crippen LogP contribution is -2.29. The maximum absolute atomic E-state index is 14.3. The van der Waals surface area contributed by atoms with Crippen molar-refractivity contribution in [3.8, 4) is 0 Å². The Hall–Kier alpha value is -3.04. The quantitative estimate of drug-likeness (QED) is 0.654. The van der Waals surface area contributed by atoms with Gasteiger partial charge in [-0.1, -0.05) is 12.1 Å². The third-order valence-corrected chi connectivity index (χ3v) is 6.88. The molecule has 0 spiro atoms. The topological polar surface area (TPSA) is 84.3 Å². The monoisotopic (exact) mass is 428 g/mol. The first-order chi connectivity index (χ1) is 14.4. The van der Waals surface area contributed by atoms with Gasteiger partial charge in [0.2, 0.25) is 10.0 Å². The average Bonchev–Trinajstić information content (AvgIpc) is 3.43. The van der Waals surface area contributed by atoms with Gasteiger partial charge in [0, 0.05) is 36.7 Å². The highest BCUT2D eigenvalue weighted by Gasteiger charge is 2.30. The summed E-state index contributed by atoms with van der Waals surface area (Å²) in [6.07, 6.45) is 5.02. The Kier molecular flexibility index (Phi) is 5.65. The zero-order valence-corrected chi connectivity index (χ0v) is 17.0. The first-order valence-electron chi connectivity index (χ1n) is 9.61. The van der Waals surface area contributed by atoms with Gasteiger partial charge in [-0.15, -0.1) is 0 Å². The molecule has 2 aromatic carbocycles. The molecule has 1 fully saturated rings. The lowest BCUT2D eigenvalue weighted by Gasteiger charge is -2.16. The van der Waals surface area contributed by atoms with Crippen LogP contribution in [0.2, 0.25) is 0 Å². The number of halogens is 1. The summed E-state index contributed by atoms with van der Waals surface area (Å²) in [6, 6.07) is 12.5. The molecule has 4 rings (SSSR count). The highest BCUT2D eigenvalue weighted by atomic mass is 32.2. The van der Waals surface area contributed by atoms with Crippen LogP contribution in [-0.2, 0) is 16.6 Å². The summed E-state index contributed by atoms with van der Waals surface area (Å²) < 4.78 is 42.8. The van der Waals surface area contributed by atoms with Gasteiger partial charge in [-0.3, -0.25) is 9.48 Å². The molecular weight excluding hydrogens is 407 g/mol. The second-order valence-corrected chi connectivity index (χ2v) is 9.02. The molecule has 0 atom stereocenters. The van der Waals surface area contributed by atoms with Crippen LogP contribution in [-0.4, -0.2) is 41.5 Å². The number of hydrogen-bond acceptors (Lipinski definition) is 4. The lowest BCUT2D eigenvalue weighted by atomic mass is 10.1. The predicted molar refractivity (Wildman–Crippen MR) is 110 cm³/mol. The number of carbonyl (C=O) groups is 1. The van der Waals surface area contributed by atoms with Crippen molar-refractivity contribution >= 4 is 21.6 Å². The lowest BCUT2D eigenvalue weighted by molar-refractivity contribution is 0.102. The minimum atomic E-state index is -3.97. The largest absolute Gasteiger partial charge is 0.322 e. The van der Waals surface area contributed by atoms with Crippen LogP contribution >= 0.6 is 0 Å². The number of aromatic nitrogens is 2. The minimum absolute atomic E-state index is 0.0756. The molecule has 1 amide bonds. The molecule has 1 aliphatic heterocycles. The summed E-state index contributed by atoms with van der Waals surface area (Å²) in [5.74, 6) is -1.37. The third kappa shape index (κ3) is 4.27. The molecule has 1 N–H and O–H groups in total. The van der Waals surface area contributed by atoms with Gasteiger partial charge in [0.25, 0.3) is 5.91 Å². The fourth-order valence-corrected chi connectivity index (χ4v) is 5.05. The molecule has 3 aromatic rings. The SMILES string of the molecule is O=C(Nc1cccc(Cn2cccn2)c1)c1ccc(F)c(S(=O)(=O)N2CCCC2)c1. The second-order valence-electron chi connectivity index (χ2n) is 7.11. The second kappa shape index (κ2) is 8.37. The van der Waals surface area contributed by atoms with E-state index in [1.807, 2.05) is 30.5 Å². The van der Waals surface area contributed by atoms with Crippen LogP contribution in [0.3, 0.4) is 0 Å². The summed E-state index contributed by atoms with van der Waals surface area (Å²) in [5, 5.41) is 6.90. The van der Waals surface area contributed by atoms with E-state index in [1.54, 1.807) is 16.9 Å². The molecule has 9 heteroatoms. The summed E-state index contributed by atoms with van der Waals surface area (Å²) in [5.41, 5.74) is 1.57. The first kappa shape index (κ1) is 20.2. The summed E-state index contributed by atoms with van der Waals surface area (Å²) >= 11 is 0. The minimum Gasteiger partial charge on any atom is -0.322 e. The van der Waals surface area contributed by atoms with E-state index in [0.29, 0.717) is 25.3 Å². The Balaban J connectivity index is 1.54. The molecule has 0 radical (unpaired) electrons. The van der Waals surface area contributed by atoms with Gasteiger partial charge < -0.3 is 5.32 Å². The van der Waals surface area contributed by atoms with Gasteiger partial charge in [0.1, 0.15) is 10.7 Å². The number of carbonyl (C=O) groups excluding carboxylic acids is 1. The Morgan fingerprint density at radius 3 is 2.63 bits per heavy atom. The maximum atomic E-state index is 14.3. The Morgan fingerprint density at radius 2 is 1.90 bits per heavy atom. The van der Waals surface area contributed by atoms with Crippen LogP contribution in [0.15, 0.2) is 65.8 Å². The van der Waals surface area contributed by atoms with Crippen LogP contribution in [0.25, 0.3) is 0 Å². The van der Waals surface area contributed by atoms with Crippen LogP contribution in [0, 0.1) is 5.82 Å². The first-order valence-corrected chi connectivity index (χ1v) is 11.0. The average molecular weight is 428 g/mol. The van der Waals surface area contributed by atoms with Crippen molar-refractivity contribution in [2.45, 2.75) is 24.3 Å². The van der Waals surface area contributed by atoms with Crippen molar-refractivity contribution in [1.82, 2.24) is 14.1 Å². The van der Waals surface area contributed by atoms with Crippen molar-refractivity contribution in [2.24, 2.45) is 0 Å². The van der Waals surface area contributed by atoms with Crippen molar-refractivity contribution in [2.75, 3.05) is 18.4 Å². The van der Waals surface area contributed by atoms with Gasteiger partial charge in [-0.05, 0) is 54.8 Å². The van der Waals surface area contributed by atoms with Gasteiger partial charge in [0.05, 0.1) is 6.54 Å². The molecule has 156 valence electrons. The van der Waals surface area contributed by atoms with E-state index in [2.05, 4.69) is 10.4 Å². The molecule has 7 nitrogen and oxygen atoms in total. The Labute approximate surface area is 174 Å². The van der Waals surface area contributed by atoms with Crippen LogP contribution in [0.5, 0.6) is 0 Å². The zero-order chi connectivity index (χ0) is 21.1. The van der Waals surface area contributed by atoms with Gasteiger partial charge in [-0.2, -0.15) is 9.40 Å². The molecule has 0 bridgehead atoms. The van der Waals surface area contributed by atoms with Crippen molar-refractivity contribution < 1.29 is 17.6 Å². The molecular formula is C21H21FN4O3S. The highest BCUT2D eigenvalue weighted by Crippen LogP contribution is 2.24. The number of rotatable bonds is 6. The number of anilines is 1. The third-order valence-electron chi connectivity index (χ3n) is 4.96.